The van der Waals surface area contributed by atoms with E-state index >= 15 is 0 Å². The smallest absolute Gasteiger partial charge is 0.243 e. The van der Waals surface area contributed by atoms with Gasteiger partial charge in [-0.2, -0.15) is 4.31 Å². The third-order valence-electron chi connectivity index (χ3n) is 5.49. The molecule has 2 aliphatic heterocycles. The number of nitrogens with zero attached hydrogens (tertiary/aromatic N) is 1. The molecule has 1 amide bonds. The molecule has 8 heteroatoms. The summed E-state index contributed by atoms with van der Waals surface area (Å²) in [7, 11) is -3.61. The summed E-state index contributed by atoms with van der Waals surface area (Å²) in [6.45, 7) is 3.20. The summed E-state index contributed by atoms with van der Waals surface area (Å²) in [6, 6.07) is 14.2. The summed E-state index contributed by atoms with van der Waals surface area (Å²) < 4.78 is 38.8. The number of benzene rings is 2. The minimum atomic E-state index is -3.61. The first-order valence-electron chi connectivity index (χ1n) is 10.2. The number of carbonyl (C=O) groups is 1. The number of carbonyl (C=O) groups excluding carboxylic acids is 1. The first-order valence-corrected chi connectivity index (χ1v) is 11.6. The standard InChI is InChI=1S/C22H26N2O5S/c1-16-8-10-19(11-9-16)30(26,27)24-12-4-5-17(14-24)22(25)23-13-18-15-28-20-6-2-3-7-21(20)29-18/h2-3,6-11,17-18H,4-5,12-15H2,1H3,(H,23,25)/t17-,18-/m1/s1. The van der Waals surface area contributed by atoms with Crippen LogP contribution in [0.1, 0.15) is 18.4 Å². The Hall–Kier alpha value is -2.58. The van der Waals surface area contributed by atoms with Crippen LogP contribution in [0.5, 0.6) is 11.5 Å². The Balaban J connectivity index is 1.34. The molecule has 0 unspecified atom stereocenters. The second-order valence-corrected chi connectivity index (χ2v) is 9.70. The highest BCUT2D eigenvalue weighted by molar-refractivity contribution is 7.89. The third kappa shape index (κ3) is 4.44. The van der Waals surface area contributed by atoms with Gasteiger partial charge in [-0.05, 0) is 44.0 Å². The Bertz CT molecular complexity index is 1010. The number of hydrogen-bond donors (Lipinski definition) is 1. The van der Waals surface area contributed by atoms with Crippen molar-refractivity contribution in [3.8, 4) is 11.5 Å². The molecule has 2 aliphatic rings. The molecule has 2 heterocycles. The summed E-state index contributed by atoms with van der Waals surface area (Å²) in [5.41, 5.74) is 1.00. The fourth-order valence-electron chi connectivity index (χ4n) is 3.76. The van der Waals surface area contributed by atoms with Crippen molar-refractivity contribution in [2.45, 2.75) is 30.8 Å². The zero-order valence-electron chi connectivity index (χ0n) is 16.9. The highest BCUT2D eigenvalue weighted by Crippen LogP contribution is 2.30. The second kappa shape index (κ2) is 8.65. The first kappa shape index (κ1) is 20.7. The van der Waals surface area contributed by atoms with E-state index < -0.39 is 10.0 Å². The monoisotopic (exact) mass is 430 g/mol. The Kier molecular flexibility index (Phi) is 5.97. The number of aryl methyl sites for hydroxylation is 1. The van der Waals surface area contributed by atoms with Crippen molar-refractivity contribution in [1.82, 2.24) is 9.62 Å². The normalized spacial score (nSPS) is 21.8. The molecular weight excluding hydrogens is 404 g/mol. The van der Waals surface area contributed by atoms with Crippen LogP contribution in [0.25, 0.3) is 0 Å². The Labute approximate surface area is 177 Å². The van der Waals surface area contributed by atoms with E-state index in [4.69, 9.17) is 9.47 Å². The molecule has 0 saturated carbocycles. The van der Waals surface area contributed by atoms with Gasteiger partial charge in [-0.25, -0.2) is 8.42 Å². The van der Waals surface area contributed by atoms with Crippen LogP contribution in [0.3, 0.4) is 0 Å². The molecule has 2 aromatic carbocycles. The largest absolute Gasteiger partial charge is 0.486 e. The molecule has 0 radical (unpaired) electrons. The van der Waals surface area contributed by atoms with Gasteiger partial charge in [-0.15, -0.1) is 0 Å². The maximum absolute atomic E-state index is 12.9. The second-order valence-electron chi connectivity index (χ2n) is 7.76. The number of ether oxygens (including phenoxy) is 2. The van der Waals surface area contributed by atoms with Gasteiger partial charge >= 0.3 is 0 Å². The molecule has 0 spiro atoms. The number of amides is 1. The number of fused-ring (bicyclic) bond motifs is 1. The van der Waals surface area contributed by atoms with E-state index in [2.05, 4.69) is 5.32 Å². The van der Waals surface area contributed by atoms with Crippen LogP contribution in [0.15, 0.2) is 53.4 Å². The molecule has 2 aromatic rings. The van der Waals surface area contributed by atoms with Crippen LogP contribution in [-0.2, 0) is 14.8 Å². The topological polar surface area (TPSA) is 84.9 Å². The van der Waals surface area contributed by atoms with E-state index in [0.29, 0.717) is 44.0 Å². The van der Waals surface area contributed by atoms with E-state index in [1.165, 1.54) is 4.31 Å². The average Bonchev–Trinajstić information content (AvgIpc) is 2.77. The molecule has 7 nitrogen and oxygen atoms in total. The van der Waals surface area contributed by atoms with Crippen molar-refractivity contribution >= 4 is 15.9 Å². The maximum Gasteiger partial charge on any atom is 0.243 e. The average molecular weight is 431 g/mol. The predicted octanol–water partition coefficient (Wildman–Crippen LogP) is 2.35. The molecule has 1 fully saturated rings. The maximum atomic E-state index is 12.9. The van der Waals surface area contributed by atoms with Gasteiger partial charge in [-0.3, -0.25) is 4.79 Å². The lowest BCUT2D eigenvalue weighted by atomic mass is 9.99. The predicted molar refractivity (Wildman–Crippen MR) is 112 cm³/mol. The van der Waals surface area contributed by atoms with Crippen LogP contribution < -0.4 is 14.8 Å². The lowest BCUT2D eigenvalue weighted by molar-refractivity contribution is -0.126. The number of rotatable bonds is 5. The fraction of sp³-hybridized carbons (Fsp3) is 0.409. The van der Waals surface area contributed by atoms with Crippen molar-refractivity contribution < 1.29 is 22.7 Å². The van der Waals surface area contributed by atoms with Gasteiger partial charge < -0.3 is 14.8 Å². The highest BCUT2D eigenvalue weighted by Gasteiger charge is 2.33. The van der Waals surface area contributed by atoms with E-state index in [1.807, 2.05) is 31.2 Å². The summed E-state index contributed by atoms with van der Waals surface area (Å²) >= 11 is 0. The minimum Gasteiger partial charge on any atom is -0.486 e. The van der Waals surface area contributed by atoms with Gasteiger partial charge in [0.2, 0.25) is 15.9 Å². The SMILES string of the molecule is Cc1ccc(S(=O)(=O)N2CCC[C@@H](C(=O)NC[C@@H]3COc4ccccc4O3)C2)cc1. The fourth-order valence-corrected chi connectivity index (χ4v) is 5.28. The van der Waals surface area contributed by atoms with Gasteiger partial charge in [0, 0.05) is 13.1 Å². The van der Waals surface area contributed by atoms with Gasteiger partial charge in [0.25, 0.3) is 0 Å². The van der Waals surface area contributed by atoms with Gasteiger partial charge in [0.05, 0.1) is 17.4 Å². The highest BCUT2D eigenvalue weighted by atomic mass is 32.2. The number of sulfonamides is 1. The van der Waals surface area contributed by atoms with Gasteiger partial charge in [-0.1, -0.05) is 29.8 Å². The summed E-state index contributed by atoms with van der Waals surface area (Å²) in [5, 5.41) is 2.91. The summed E-state index contributed by atoms with van der Waals surface area (Å²) in [5.74, 6) is 0.831. The van der Waals surface area contributed by atoms with E-state index in [0.717, 1.165) is 5.56 Å². The van der Waals surface area contributed by atoms with Gasteiger partial charge in [0.15, 0.2) is 11.5 Å². The lowest BCUT2D eigenvalue weighted by Crippen LogP contribution is -2.48. The molecule has 2 atom stereocenters. The number of nitrogens with one attached hydrogen (secondary N) is 1. The molecule has 0 aromatic heterocycles. The number of para-hydroxylation sites is 2. The van der Waals surface area contributed by atoms with E-state index in [9.17, 15) is 13.2 Å². The van der Waals surface area contributed by atoms with Gasteiger partial charge in [0.1, 0.15) is 12.7 Å². The lowest BCUT2D eigenvalue weighted by Gasteiger charge is -2.32. The van der Waals surface area contributed by atoms with Crippen LogP contribution >= 0.6 is 0 Å². The zero-order chi connectivity index (χ0) is 21.1. The third-order valence-corrected chi connectivity index (χ3v) is 7.36. The van der Waals surface area contributed by atoms with E-state index in [-0.39, 0.29) is 29.4 Å². The molecule has 0 bridgehead atoms. The Morgan fingerprint density at radius 1 is 1.13 bits per heavy atom. The molecule has 4 rings (SSSR count). The van der Waals surface area contributed by atoms with Crippen molar-refractivity contribution in [3.63, 3.8) is 0 Å². The van der Waals surface area contributed by atoms with Crippen LogP contribution in [-0.4, -0.2) is 51.0 Å². The summed E-state index contributed by atoms with van der Waals surface area (Å²) in [6.07, 6.45) is 1.04. The molecule has 30 heavy (non-hydrogen) atoms. The van der Waals surface area contributed by atoms with Crippen molar-refractivity contribution in [1.29, 1.82) is 0 Å². The number of piperidine rings is 1. The van der Waals surface area contributed by atoms with Crippen LogP contribution in [0.4, 0.5) is 0 Å². The Morgan fingerprint density at radius 2 is 1.87 bits per heavy atom. The first-order chi connectivity index (χ1) is 14.4. The van der Waals surface area contributed by atoms with E-state index in [1.54, 1.807) is 24.3 Å². The van der Waals surface area contributed by atoms with Crippen LogP contribution in [0, 0.1) is 12.8 Å². The molecular formula is C22H26N2O5S. The molecule has 0 aliphatic carbocycles. The zero-order valence-corrected chi connectivity index (χ0v) is 17.7. The molecule has 160 valence electrons. The molecule has 1 N–H and O–H groups in total. The van der Waals surface area contributed by atoms with Crippen molar-refractivity contribution in [2.75, 3.05) is 26.2 Å². The van der Waals surface area contributed by atoms with Crippen LogP contribution in [0.2, 0.25) is 0 Å². The quantitative estimate of drug-likeness (QED) is 0.787. The minimum absolute atomic E-state index is 0.152. The Morgan fingerprint density at radius 3 is 2.63 bits per heavy atom. The number of hydrogen-bond acceptors (Lipinski definition) is 5. The van der Waals surface area contributed by atoms with Crippen molar-refractivity contribution in [2.24, 2.45) is 5.92 Å². The van der Waals surface area contributed by atoms with Crippen molar-refractivity contribution in [3.05, 3.63) is 54.1 Å². The molecule has 1 saturated heterocycles. The summed E-state index contributed by atoms with van der Waals surface area (Å²) in [4.78, 5) is 13.0.